The third-order valence-electron chi connectivity index (χ3n) is 3.43. The van der Waals surface area contributed by atoms with Crippen LogP contribution in [-0.4, -0.2) is 0 Å². The summed E-state index contributed by atoms with van der Waals surface area (Å²) >= 11 is 13.5. The molecule has 0 aromatic carbocycles. The lowest BCUT2D eigenvalue weighted by molar-refractivity contribution is 0.351. The van der Waals surface area contributed by atoms with Gasteiger partial charge in [0.05, 0.1) is 8.67 Å². The first-order valence-electron chi connectivity index (χ1n) is 5.30. The molecule has 0 aliphatic heterocycles. The van der Waals surface area contributed by atoms with Crippen molar-refractivity contribution in [2.45, 2.75) is 32.2 Å². The molecule has 0 spiro atoms. The van der Waals surface area contributed by atoms with Crippen molar-refractivity contribution in [2.24, 2.45) is 17.6 Å². The van der Waals surface area contributed by atoms with Crippen molar-refractivity contribution in [3.8, 4) is 0 Å². The van der Waals surface area contributed by atoms with E-state index in [1.54, 1.807) is 0 Å². The highest BCUT2D eigenvalue weighted by Gasteiger charge is 2.31. The van der Waals surface area contributed by atoms with Crippen LogP contribution in [0.25, 0.3) is 0 Å². The maximum absolute atomic E-state index is 6.27. The van der Waals surface area contributed by atoms with Crippen LogP contribution in [0.1, 0.15) is 37.8 Å². The molecule has 2 rings (SSSR count). The fourth-order valence-corrected chi connectivity index (χ4v) is 4.09. The van der Waals surface area contributed by atoms with Gasteiger partial charge in [0.15, 0.2) is 0 Å². The second-order valence-corrected chi connectivity index (χ2v) is 6.66. The van der Waals surface area contributed by atoms with E-state index in [0.717, 1.165) is 14.2 Å². The van der Waals surface area contributed by atoms with Crippen molar-refractivity contribution in [3.63, 3.8) is 0 Å². The molecule has 15 heavy (non-hydrogen) atoms. The highest BCUT2D eigenvalue weighted by Crippen LogP contribution is 2.43. The molecule has 3 unspecified atom stereocenters. The normalized spacial score (nSPS) is 28.3. The van der Waals surface area contributed by atoms with E-state index >= 15 is 0 Å². The van der Waals surface area contributed by atoms with Gasteiger partial charge in [-0.1, -0.05) is 43.0 Å². The van der Waals surface area contributed by atoms with Gasteiger partial charge in [-0.3, -0.25) is 0 Å². The van der Waals surface area contributed by atoms with Gasteiger partial charge in [-0.25, -0.2) is 0 Å². The molecular weight excluding hydrogens is 249 g/mol. The zero-order valence-corrected chi connectivity index (χ0v) is 11.0. The van der Waals surface area contributed by atoms with E-state index in [1.807, 2.05) is 6.07 Å². The van der Waals surface area contributed by atoms with Crippen LogP contribution in [0.15, 0.2) is 6.07 Å². The largest absolute Gasteiger partial charge is 0.324 e. The summed E-state index contributed by atoms with van der Waals surface area (Å²) in [5, 5.41) is 0. The topological polar surface area (TPSA) is 26.0 Å². The van der Waals surface area contributed by atoms with Crippen molar-refractivity contribution < 1.29 is 0 Å². The first-order valence-corrected chi connectivity index (χ1v) is 6.87. The SMILES string of the molecule is CC1CCCC1C(N)c1cc(Cl)sc1Cl. The van der Waals surface area contributed by atoms with E-state index in [0.29, 0.717) is 11.8 Å². The Hall–Kier alpha value is 0.240. The Balaban J connectivity index is 2.19. The standard InChI is InChI=1S/C11H15Cl2NS/c1-6-3-2-4-7(6)10(14)8-5-9(12)15-11(8)13/h5-7,10H,2-4,14H2,1H3. The number of nitrogens with two attached hydrogens (primary N) is 1. The van der Waals surface area contributed by atoms with Gasteiger partial charge < -0.3 is 5.73 Å². The summed E-state index contributed by atoms with van der Waals surface area (Å²) in [5.41, 5.74) is 7.30. The van der Waals surface area contributed by atoms with Gasteiger partial charge in [0.1, 0.15) is 0 Å². The van der Waals surface area contributed by atoms with Crippen LogP contribution in [0, 0.1) is 11.8 Å². The van der Waals surface area contributed by atoms with Crippen molar-refractivity contribution in [1.29, 1.82) is 0 Å². The summed E-state index contributed by atoms with van der Waals surface area (Å²) in [7, 11) is 0. The van der Waals surface area contributed by atoms with Crippen molar-refractivity contribution in [2.75, 3.05) is 0 Å². The first kappa shape index (κ1) is 11.7. The molecule has 84 valence electrons. The average Bonchev–Trinajstić information content (AvgIpc) is 2.71. The van der Waals surface area contributed by atoms with E-state index in [9.17, 15) is 0 Å². The third-order valence-corrected chi connectivity index (χ3v) is 4.95. The highest BCUT2D eigenvalue weighted by molar-refractivity contribution is 7.20. The minimum atomic E-state index is 0.0544. The molecule has 1 aliphatic carbocycles. The molecule has 1 aromatic heterocycles. The van der Waals surface area contributed by atoms with Crippen LogP contribution in [0.5, 0.6) is 0 Å². The van der Waals surface area contributed by atoms with Crippen molar-refractivity contribution >= 4 is 34.5 Å². The molecule has 1 aliphatic rings. The Morgan fingerprint density at radius 2 is 2.20 bits per heavy atom. The Kier molecular flexibility index (Phi) is 3.61. The molecule has 1 nitrogen and oxygen atoms in total. The molecule has 0 radical (unpaired) electrons. The van der Waals surface area contributed by atoms with Crippen molar-refractivity contribution in [1.82, 2.24) is 0 Å². The van der Waals surface area contributed by atoms with Gasteiger partial charge in [-0.15, -0.1) is 11.3 Å². The summed E-state index contributed by atoms with van der Waals surface area (Å²) in [5.74, 6) is 1.27. The molecule has 0 amide bonds. The lowest BCUT2D eigenvalue weighted by Crippen LogP contribution is -2.23. The predicted octanol–water partition coefficient (Wildman–Crippen LogP) is 4.49. The van der Waals surface area contributed by atoms with Gasteiger partial charge in [-0.2, -0.15) is 0 Å². The van der Waals surface area contributed by atoms with Crippen LogP contribution < -0.4 is 5.73 Å². The highest BCUT2D eigenvalue weighted by atomic mass is 35.5. The molecular formula is C11H15Cl2NS. The Bertz CT molecular complexity index is 350. The molecule has 1 saturated carbocycles. The molecule has 1 aromatic rings. The van der Waals surface area contributed by atoms with E-state index in [4.69, 9.17) is 28.9 Å². The first-order chi connectivity index (χ1) is 7.09. The molecule has 4 heteroatoms. The van der Waals surface area contributed by atoms with Gasteiger partial charge in [0, 0.05) is 11.6 Å². The second-order valence-electron chi connectivity index (χ2n) is 4.38. The van der Waals surface area contributed by atoms with Gasteiger partial charge in [0.25, 0.3) is 0 Å². The second kappa shape index (κ2) is 4.62. The number of hydrogen-bond donors (Lipinski definition) is 1. The van der Waals surface area contributed by atoms with E-state index < -0.39 is 0 Å². The molecule has 3 atom stereocenters. The lowest BCUT2D eigenvalue weighted by Gasteiger charge is -2.22. The zero-order chi connectivity index (χ0) is 11.0. The minimum absolute atomic E-state index is 0.0544. The summed E-state index contributed by atoms with van der Waals surface area (Å²) in [6.07, 6.45) is 3.79. The molecule has 2 N–H and O–H groups in total. The summed E-state index contributed by atoms with van der Waals surface area (Å²) in [6, 6.07) is 1.98. The van der Waals surface area contributed by atoms with Gasteiger partial charge in [-0.05, 0) is 24.3 Å². The quantitative estimate of drug-likeness (QED) is 0.836. The van der Waals surface area contributed by atoms with E-state index in [-0.39, 0.29) is 6.04 Å². The number of halogens is 2. The fraction of sp³-hybridized carbons (Fsp3) is 0.636. The maximum atomic E-state index is 6.27. The summed E-state index contributed by atoms with van der Waals surface area (Å²) < 4.78 is 1.49. The molecule has 0 bridgehead atoms. The zero-order valence-electron chi connectivity index (χ0n) is 8.67. The smallest absolute Gasteiger partial charge is 0.0991 e. The van der Waals surface area contributed by atoms with Gasteiger partial charge >= 0.3 is 0 Å². The summed E-state index contributed by atoms with van der Waals surface area (Å²) in [6.45, 7) is 2.28. The Labute approximate surface area is 105 Å². The maximum Gasteiger partial charge on any atom is 0.0991 e. The molecule has 1 fully saturated rings. The molecule has 1 heterocycles. The predicted molar refractivity (Wildman–Crippen MR) is 67.8 cm³/mol. The Morgan fingerprint density at radius 3 is 2.67 bits per heavy atom. The van der Waals surface area contributed by atoms with Crippen LogP contribution in [0.2, 0.25) is 8.67 Å². The number of thiophene rings is 1. The van der Waals surface area contributed by atoms with E-state index in [1.165, 1.54) is 30.6 Å². The number of hydrogen-bond acceptors (Lipinski definition) is 2. The Morgan fingerprint density at radius 1 is 1.47 bits per heavy atom. The lowest BCUT2D eigenvalue weighted by atomic mass is 9.88. The van der Waals surface area contributed by atoms with E-state index in [2.05, 4.69) is 6.92 Å². The minimum Gasteiger partial charge on any atom is -0.324 e. The van der Waals surface area contributed by atoms with Crippen LogP contribution in [-0.2, 0) is 0 Å². The van der Waals surface area contributed by atoms with Crippen LogP contribution in [0.3, 0.4) is 0 Å². The number of rotatable bonds is 2. The van der Waals surface area contributed by atoms with Crippen LogP contribution >= 0.6 is 34.5 Å². The van der Waals surface area contributed by atoms with Gasteiger partial charge in [0.2, 0.25) is 0 Å². The third kappa shape index (κ3) is 2.33. The average molecular weight is 264 g/mol. The molecule has 0 saturated heterocycles. The monoisotopic (exact) mass is 263 g/mol. The fourth-order valence-electron chi connectivity index (χ4n) is 2.52. The summed E-state index contributed by atoms with van der Waals surface area (Å²) in [4.78, 5) is 0. The van der Waals surface area contributed by atoms with Crippen LogP contribution in [0.4, 0.5) is 0 Å². The van der Waals surface area contributed by atoms with Crippen molar-refractivity contribution in [3.05, 3.63) is 20.3 Å².